The largest absolute Gasteiger partial charge is 0.358 e. The summed E-state index contributed by atoms with van der Waals surface area (Å²) in [4.78, 5) is 44.8. The Morgan fingerprint density at radius 1 is 1.15 bits per heavy atom. The standard InChI is InChI=1S/C15H19N2O6S.CH3.Ni/c1-2-3-4-8-24-10-11(15(23)16-9-14(21)22)17-12(18)6-5-7-13(19)20;;/h1-4,11H,5-7,9-10H2,(H,16,23)(H,17,18)(H,19,20)(H,21,22);1H3;/q2*-1;/b4-3-;;/t11-;;/m0../s1. The molecule has 0 aliphatic rings. The minimum atomic E-state index is -1.22. The molecule has 0 aromatic carbocycles. The summed E-state index contributed by atoms with van der Waals surface area (Å²) in [5, 5.41) is 21.8. The van der Waals surface area contributed by atoms with Crippen LogP contribution in [0.3, 0.4) is 0 Å². The summed E-state index contributed by atoms with van der Waals surface area (Å²) < 4.78 is 0.470. The topological polar surface area (TPSA) is 133 Å². The van der Waals surface area contributed by atoms with Crippen molar-refractivity contribution in [1.29, 1.82) is 0 Å². The first-order valence-corrected chi connectivity index (χ1v) is 8.58. The summed E-state index contributed by atoms with van der Waals surface area (Å²) in [6.07, 6.45) is 4.29. The smallest absolute Gasteiger partial charge is 0.358 e. The molecular weight excluding hydrogens is 407 g/mol. The van der Waals surface area contributed by atoms with Gasteiger partial charge in [0.2, 0.25) is 0 Å². The number of amides is 2. The van der Waals surface area contributed by atoms with E-state index in [4.69, 9.17) is 31.8 Å². The molecule has 0 aromatic heterocycles. The molecule has 0 aliphatic heterocycles. The average Bonchev–Trinajstić information content (AvgIpc) is 2.53. The van der Waals surface area contributed by atoms with E-state index < -0.39 is 36.3 Å². The number of aliphatic carboxylic acids is 2. The monoisotopic (exact) mass is 428 g/mol. The van der Waals surface area contributed by atoms with Crippen molar-refractivity contribution < 1.29 is 44.4 Å². The first-order valence-electron chi connectivity index (χ1n) is 7.10. The van der Waals surface area contributed by atoms with Crippen LogP contribution in [0.5, 0.6) is 0 Å². The molecule has 0 spiro atoms. The van der Waals surface area contributed by atoms with E-state index in [9.17, 15) is 19.2 Å². The number of allylic oxidation sites excluding steroid dienone is 2. The van der Waals surface area contributed by atoms with E-state index in [1.807, 2.05) is 0 Å². The van der Waals surface area contributed by atoms with Crippen LogP contribution in [0.15, 0.2) is 18.2 Å². The van der Waals surface area contributed by atoms with Crippen LogP contribution in [0.4, 0.5) is 0 Å². The molecule has 1 atom stereocenters. The van der Waals surface area contributed by atoms with Gasteiger partial charge < -0.3 is 7.43 Å². The molecule has 0 bridgehead atoms. The normalized spacial score (nSPS) is 11.2. The predicted octanol–water partition coefficient (Wildman–Crippen LogP) is 0.332. The van der Waals surface area contributed by atoms with Gasteiger partial charge in [-0.25, -0.2) is 0 Å². The van der Waals surface area contributed by atoms with E-state index in [2.05, 4.69) is 10.6 Å². The third kappa shape index (κ3) is 14.4. The minimum absolute atomic E-state index is 0. The molecule has 10 heteroatoms. The zero-order valence-corrected chi connectivity index (χ0v) is 16.0. The summed E-state index contributed by atoms with van der Waals surface area (Å²) in [7, 11) is 0. The number of hydrogen-bond donors (Lipinski definition) is 4. The number of rotatable bonds is 13. The Balaban J connectivity index is 0. The maximum atomic E-state index is 12.0. The number of thioether (sulfide) groups is 1. The molecule has 0 radical (unpaired) electrons. The van der Waals surface area contributed by atoms with Gasteiger partial charge in [0.1, 0.15) is 0 Å². The van der Waals surface area contributed by atoms with E-state index in [-0.39, 0.29) is 32.4 Å². The van der Waals surface area contributed by atoms with Crippen LogP contribution in [-0.4, -0.2) is 56.1 Å². The molecule has 26 heavy (non-hydrogen) atoms. The summed E-state index contributed by atoms with van der Waals surface area (Å²) in [6.45, 7) is 4.61. The van der Waals surface area contributed by atoms with Crippen molar-refractivity contribution in [3.05, 3.63) is 32.2 Å². The number of hydrogen-bond acceptors (Lipinski definition) is 5. The minimum Gasteiger partial charge on any atom is -0.358 e. The second-order valence-corrected chi connectivity index (χ2v) is 6.49. The van der Waals surface area contributed by atoms with Gasteiger partial charge in [-0.2, -0.15) is 0 Å². The predicted molar refractivity (Wildman–Crippen MR) is 96.0 cm³/mol. The maximum Gasteiger partial charge on any atom is -0.358 e. The van der Waals surface area contributed by atoms with Gasteiger partial charge in [0.25, 0.3) is 0 Å². The average molecular weight is 429 g/mol. The van der Waals surface area contributed by atoms with Crippen molar-refractivity contribution in [2.24, 2.45) is 0 Å². The molecule has 0 aliphatic carbocycles. The number of carbonyl (C=O) groups is 4. The second kappa shape index (κ2) is 15.3. The van der Waals surface area contributed by atoms with Crippen molar-refractivity contribution >= 4 is 39.3 Å². The fourth-order valence-electron chi connectivity index (χ4n) is 1.47. The van der Waals surface area contributed by atoms with E-state index in [0.717, 1.165) is 11.8 Å². The Morgan fingerprint density at radius 2 is 1.81 bits per heavy atom. The quantitative estimate of drug-likeness (QED) is 0.189. The molecule has 0 saturated carbocycles. The molecule has 0 rings (SSSR count). The van der Waals surface area contributed by atoms with Gasteiger partial charge >= 0.3 is 157 Å². The molecule has 0 aromatic rings. The first kappa shape index (κ1) is 26.3. The number of carboxylic acid groups (broad SMARTS) is 2. The summed E-state index contributed by atoms with van der Waals surface area (Å²) >= 11 is 5.84. The summed E-state index contributed by atoms with van der Waals surface area (Å²) in [5.41, 5.74) is 0. The molecule has 8 nitrogen and oxygen atoms in total. The molecule has 0 saturated heterocycles. The van der Waals surface area contributed by atoms with Crippen molar-refractivity contribution in [3.63, 3.8) is 0 Å². The van der Waals surface area contributed by atoms with Gasteiger partial charge in [-0.05, 0) is 0 Å². The van der Waals surface area contributed by atoms with Crippen LogP contribution in [-0.2, 0) is 34.2 Å². The zero-order chi connectivity index (χ0) is 19.2. The fraction of sp³-hybridized carbons (Fsp3) is 0.375. The van der Waals surface area contributed by atoms with Crippen LogP contribution in [0.25, 0.3) is 0 Å². The first-order chi connectivity index (χ1) is 11.8. The zero-order valence-electron chi connectivity index (χ0n) is 14.2. The van der Waals surface area contributed by atoms with Gasteiger partial charge in [0, 0.05) is 0 Å². The number of nitrogens with one attached hydrogen (secondary N) is 2. The van der Waals surface area contributed by atoms with E-state index in [1.165, 1.54) is 12.2 Å². The molecule has 150 valence electrons. The summed E-state index contributed by atoms with van der Waals surface area (Å²) in [6, 6.07) is -0.998. The van der Waals surface area contributed by atoms with Gasteiger partial charge in [0.15, 0.2) is 0 Å². The Hall–Kier alpha value is -1.93. The van der Waals surface area contributed by atoms with Crippen LogP contribution < -0.4 is 10.6 Å². The molecular formula is C16H22N2NiO6S-2. The third-order valence-electron chi connectivity index (χ3n) is 2.57. The molecule has 2 amide bonds. The van der Waals surface area contributed by atoms with Crippen molar-refractivity contribution in [2.45, 2.75) is 25.3 Å². The van der Waals surface area contributed by atoms with Crippen LogP contribution in [0, 0.1) is 14.0 Å². The SMILES string of the molecule is [CH-]=C/C=C\[C](=[Ni])SC[C@H](NC(=O)CCCC(=O)O)C(=O)NCC(=O)O.[CH3-]. The van der Waals surface area contributed by atoms with Gasteiger partial charge in [0.05, 0.1) is 0 Å². The Kier molecular flexibility index (Phi) is 15.5. The Labute approximate surface area is 164 Å². The van der Waals surface area contributed by atoms with Crippen molar-refractivity contribution in [2.75, 3.05) is 12.3 Å². The van der Waals surface area contributed by atoms with Crippen molar-refractivity contribution in [3.8, 4) is 0 Å². The molecule has 0 heterocycles. The third-order valence-corrected chi connectivity index (χ3v) is 4.05. The van der Waals surface area contributed by atoms with Gasteiger partial charge in [-0.3, -0.25) is 0 Å². The number of carboxylic acids is 2. The van der Waals surface area contributed by atoms with E-state index in [0.29, 0.717) is 3.82 Å². The van der Waals surface area contributed by atoms with E-state index in [1.54, 1.807) is 6.08 Å². The summed E-state index contributed by atoms with van der Waals surface area (Å²) in [5.74, 6) is -3.30. The fourth-order valence-corrected chi connectivity index (χ4v) is 2.53. The van der Waals surface area contributed by atoms with Gasteiger partial charge in [-0.1, -0.05) is 0 Å². The maximum absolute atomic E-state index is 12.0. The molecule has 0 fully saturated rings. The van der Waals surface area contributed by atoms with Crippen LogP contribution in [0.1, 0.15) is 19.3 Å². The Bertz CT molecular complexity index is 565. The van der Waals surface area contributed by atoms with Crippen molar-refractivity contribution in [1.82, 2.24) is 10.6 Å². The molecule has 4 N–H and O–H groups in total. The Morgan fingerprint density at radius 3 is 2.35 bits per heavy atom. The van der Waals surface area contributed by atoms with Crippen LogP contribution in [0.2, 0.25) is 0 Å². The van der Waals surface area contributed by atoms with Crippen LogP contribution >= 0.6 is 11.8 Å². The molecule has 0 unspecified atom stereocenters. The van der Waals surface area contributed by atoms with Gasteiger partial charge in [-0.15, -0.1) is 0 Å². The second-order valence-electron chi connectivity index (χ2n) is 4.62. The van der Waals surface area contributed by atoms with E-state index >= 15 is 0 Å². The number of carbonyl (C=O) groups excluding carboxylic acids is 2.